The molecule has 1 fully saturated rings. The van der Waals surface area contributed by atoms with E-state index >= 15 is 0 Å². The number of benzene rings is 2. The van der Waals surface area contributed by atoms with E-state index in [-0.39, 0.29) is 11.8 Å². The fourth-order valence-electron chi connectivity index (χ4n) is 4.10. The Balaban J connectivity index is 2.04. The average molecular weight is 456 g/mol. The summed E-state index contributed by atoms with van der Waals surface area (Å²) in [6.45, 7) is 11.1. The van der Waals surface area contributed by atoms with E-state index in [1.807, 2.05) is 42.5 Å². The van der Waals surface area contributed by atoms with Crippen molar-refractivity contribution in [3.8, 4) is 0 Å². The van der Waals surface area contributed by atoms with E-state index in [9.17, 15) is 8.42 Å². The maximum absolute atomic E-state index is 13.9. The van der Waals surface area contributed by atoms with Crippen molar-refractivity contribution in [2.24, 2.45) is 16.8 Å². The molecule has 1 aliphatic heterocycles. The van der Waals surface area contributed by atoms with E-state index in [1.165, 1.54) is 6.42 Å². The first-order chi connectivity index (χ1) is 15.3. The zero-order valence-electron chi connectivity index (χ0n) is 19.9. The first kappa shape index (κ1) is 24.5. The van der Waals surface area contributed by atoms with Gasteiger partial charge in [0.25, 0.3) is 0 Å². The van der Waals surface area contributed by atoms with Gasteiger partial charge in [0.2, 0.25) is 10.0 Å². The lowest BCUT2D eigenvalue weighted by molar-refractivity contribution is 0.333. The molecule has 0 amide bonds. The largest absolute Gasteiger partial charge is 0.370 e. The van der Waals surface area contributed by atoms with Crippen LogP contribution in [0, 0.1) is 11.8 Å². The quantitative estimate of drug-likeness (QED) is 0.454. The number of piperidine rings is 1. The van der Waals surface area contributed by atoms with Gasteiger partial charge in [-0.25, -0.2) is 8.42 Å². The molecule has 0 unspecified atom stereocenters. The van der Waals surface area contributed by atoms with Gasteiger partial charge in [-0.15, -0.1) is 0 Å². The van der Waals surface area contributed by atoms with Gasteiger partial charge < -0.3 is 4.90 Å². The number of hydrogen-bond donors (Lipinski definition) is 0. The summed E-state index contributed by atoms with van der Waals surface area (Å²) in [5.41, 5.74) is 2.45. The molecule has 0 aliphatic carbocycles. The summed E-state index contributed by atoms with van der Waals surface area (Å²) in [4.78, 5) is 7.20. The van der Waals surface area contributed by atoms with Gasteiger partial charge in [0.15, 0.2) is 0 Å². The molecule has 2 aromatic carbocycles. The minimum atomic E-state index is -3.66. The Kier molecular flexibility index (Phi) is 8.49. The average Bonchev–Trinajstić information content (AvgIpc) is 2.78. The molecule has 0 aromatic heterocycles. The maximum atomic E-state index is 13.9. The summed E-state index contributed by atoms with van der Waals surface area (Å²) in [5, 5.41) is 0. The molecule has 174 valence electrons. The molecule has 32 heavy (non-hydrogen) atoms. The Hall–Kier alpha value is -2.18. The third-order valence-corrected chi connectivity index (χ3v) is 7.42. The van der Waals surface area contributed by atoms with E-state index in [2.05, 4.69) is 37.6 Å². The molecule has 1 saturated heterocycles. The van der Waals surface area contributed by atoms with Crippen LogP contribution < -0.4 is 4.90 Å². The number of sulfonamides is 1. The summed E-state index contributed by atoms with van der Waals surface area (Å²) in [7, 11) is -3.66. The predicted molar refractivity (Wildman–Crippen MR) is 135 cm³/mol. The summed E-state index contributed by atoms with van der Waals surface area (Å²) in [6.07, 6.45) is 5.17. The number of nitrogens with zero attached hydrogens (tertiary/aromatic N) is 3. The smallest absolute Gasteiger partial charge is 0.245 e. The lowest BCUT2D eigenvalue weighted by atomic mass is 10.1. The van der Waals surface area contributed by atoms with Crippen LogP contribution in [0.1, 0.15) is 52.5 Å². The van der Waals surface area contributed by atoms with Crippen molar-refractivity contribution in [2.75, 3.05) is 31.1 Å². The second-order valence-electron chi connectivity index (χ2n) is 9.48. The van der Waals surface area contributed by atoms with Crippen LogP contribution in [0.3, 0.4) is 0 Å². The second-order valence-corrected chi connectivity index (χ2v) is 11.4. The van der Waals surface area contributed by atoms with Crippen molar-refractivity contribution in [1.29, 1.82) is 0 Å². The van der Waals surface area contributed by atoms with Crippen molar-refractivity contribution in [2.45, 2.75) is 51.9 Å². The van der Waals surface area contributed by atoms with Crippen LogP contribution in [-0.2, 0) is 10.0 Å². The molecule has 0 bridgehead atoms. The molecule has 0 atom stereocenters. The van der Waals surface area contributed by atoms with Crippen LogP contribution >= 0.6 is 0 Å². The summed E-state index contributed by atoms with van der Waals surface area (Å²) >= 11 is 0. The topological polar surface area (TPSA) is 53.0 Å². The lowest BCUT2D eigenvalue weighted by Crippen LogP contribution is -2.38. The third-order valence-electron chi connectivity index (χ3n) is 5.56. The van der Waals surface area contributed by atoms with Gasteiger partial charge in [0, 0.05) is 32.4 Å². The molecule has 0 saturated carbocycles. The minimum absolute atomic E-state index is 0.251. The summed E-state index contributed by atoms with van der Waals surface area (Å²) in [5.74, 6) is 0.502. The highest BCUT2D eigenvalue weighted by atomic mass is 32.2. The fraction of sp³-hybridized carbons (Fsp3) is 0.500. The highest BCUT2D eigenvalue weighted by molar-refractivity contribution is 7.89. The molecule has 0 N–H and O–H groups in total. The maximum Gasteiger partial charge on any atom is 0.245 e. The Morgan fingerprint density at radius 3 is 2.16 bits per heavy atom. The van der Waals surface area contributed by atoms with E-state index in [4.69, 9.17) is 0 Å². The molecule has 5 nitrogen and oxygen atoms in total. The first-order valence-electron chi connectivity index (χ1n) is 11.8. The van der Waals surface area contributed by atoms with Crippen LogP contribution in [0.5, 0.6) is 0 Å². The van der Waals surface area contributed by atoms with E-state index in [1.54, 1.807) is 16.6 Å². The number of anilines is 1. The normalized spacial score (nSPS) is 15.4. The van der Waals surface area contributed by atoms with Crippen molar-refractivity contribution < 1.29 is 8.42 Å². The SMILES string of the molecule is CC(C)CN(CC(C)C)S(=O)(=O)c1cc(N=Cc2ccccc2)ccc1N1CCCCC1. The molecule has 3 rings (SSSR count). The standard InChI is InChI=1S/C26H37N3O2S/c1-21(2)19-29(20-22(3)4)32(30,31)26-17-24(27-18-23-11-7-5-8-12-23)13-14-25(26)28-15-9-6-10-16-28/h5,7-8,11-14,17-18,21-22H,6,9-10,15-16,19-20H2,1-4H3. The Morgan fingerprint density at radius 2 is 1.56 bits per heavy atom. The van der Waals surface area contributed by atoms with Crippen LogP contribution in [0.4, 0.5) is 11.4 Å². The van der Waals surface area contributed by atoms with Crippen molar-refractivity contribution >= 4 is 27.6 Å². The van der Waals surface area contributed by atoms with E-state index in [0.29, 0.717) is 23.7 Å². The Bertz CT molecular complexity index is 985. The predicted octanol–water partition coefficient (Wildman–Crippen LogP) is 5.73. The van der Waals surface area contributed by atoms with Gasteiger partial charge in [-0.2, -0.15) is 4.31 Å². The van der Waals surface area contributed by atoms with Gasteiger partial charge in [-0.3, -0.25) is 4.99 Å². The Morgan fingerprint density at radius 1 is 0.938 bits per heavy atom. The number of rotatable bonds is 9. The van der Waals surface area contributed by atoms with E-state index < -0.39 is 10.0 Å². The molecule has 6 heteroatoms. The molecule has 1 heterocycles. The molecular weight excluding hydrogens is 418 g/mol. The second kappa shape index (κ2) is 11.1. The first-order valence-corrected chi connectivity index (χ1v) is 13.2. The van der Waals surface area contributed by atoms with Crippen molar-refractivity contribution in [1.82, 2.24) is 4.31 Å². The lowest BCUT2D eigenvalue weighted by Gasteiger charge is -2.32. The fourth-order valence-corrected chi connectivity index (χ4v) is 6.10. The zero-order valence-corrected chi connectivity index (χ0v) is 20.7. The minimum Gasteiger partial charge on any atom is -0.370 e. The van der Waals surface area contributed by atoms with Crippen LogP contribution in [0.15, 0.2) is 58.4 Å². The van der Waals surface area contributed by atoms with Crippen molar-refractivity contribution in [3.05, 3.63) is 54.1 Å². The van der Waals surface area contributed by atoms with E-state index in [0.717, 1.165) is 37.2 Å². The Labute approximate surface area is 194 Å². The van der Waals surface area contributed by atoms with Gasteiger partial charge in [-0.05, 0) is 54.9 Å². The monoisotopic (exact) mass is 455 g/mol. The van der Waals surface area contributed by atoms with Crippen LogP contribution in [-0.4, -0.2) is 45.1 Å². The van der Waals surface area contributed by atoms with Gasteiger partial charge in [0.1, 0.15) is 4.90 Å². The highest BCUT2D eigenvalue weighted by Gasteiger charge is 2.30. The molecule has 0 spiro atoms. The van der Waals surface area contributed by atoms with Gasteiger partial charge in [-0.1, -0.05) is 58.0 Å². The van der Waals surface area contributed by atoms with Crippen molar-refractivity contribution in [3.63, 3.8) is 0 Å². The zero-order chi connectivity index (χ0) is 23.1. The summed E-state index contributed by atoms with van der Waals surface area (Å²) in [6, 6.07) is 15.5. The van der Waals surface area contributed by atoms with Crippen LogP contribution in [0.25, 0.3) is 0 Å². The summed E-state index contributed by atoms with van der Waals surface area (Å²) < 4.78 is 29.5. The molecule has 1 aliphatic rings. The molecule has 2 aromatic rings. The molecule has 0 radical (unpaired) electrons. The highest BCUT2D eigenvalue weighted by Crippen LogP contribution is 2.34. The molecular formula is C26H37N3O2S. The third kappa shape index (κ3) is 6.42. The van der Waals surface area contributed by atoms with Gasteiger partial charge in [0.05, 0.1) is 11.4 Å². The van der Waals surface area contributed by atoms with Gasteiger partial charge >= 0.3 is 0 Å². The number of aliphatic imine (C=N–C) groups is 1. The number of hydrogen-bond acceptors (Lipinski definition) is 4. The van der Waals surface area contributed by atoms with Crippen LogP contribution in [0.2, 0.25) is 0 Å².